The molecule has 1 N–H and O–H groups in total. The first kappa shape index (κ1) is 21.0. The van der Waals surface area contributed by atoms with Crippen LogP contribution in [0.5, 0.6) is 0 Å². The Morgan fingerprint density at radius 3 is 2.62 bits per heavy atom. The van der Waals surface area contributed by atoms with Crippen molar-refractivity contribution in [3.8, 4) is 0 Å². The molecule has 1 aromatic carbocycles. The number of aliphatic hydroxyl groups is 1. The van der Waals surface area contributed by atoms with Crippen LogP contribution in [0.4, 0.5) is 11.6 Å². The van der Waals surface area contributed by atoms with Crippen LogP contribution in [0.1, 0.15) is 24.8 Å². The van der Waals surface area contributed by atoms with Crippen molar-refractivity contribution in [3.05, 3.63) is 50.7 Å². The van der Waals surface area contributed by atoms with Crippen LogP contribution < -0.4 is 16.1 Å². The zero-order valence-corrected chi connectivity index (χ0v) is 18.7. The maximum Gasteiger partial charge on any atom is 0.332 e. The van der Waals surface area contributed by atoms with Gasteiger partial charge >= 0.3 is 5.69 Å². The summed E-state index contributed by atoms with van der Waals surface area (Å²) in [7, 11) is 1.66. The molecule has 0 spiro atoms. The van der Waals surface area contributed by atoms with Gasteiger partial charge in [0.2, 0.25) is 5.95 Å². The number of likely N-dealkylation sites (tertiary alicyclic amines) is 1. The van der Waals surface area contributed by atoms with Crippen molar-refractivity contribution in [2.75, 3.05) is 31.1 Å². The molecule has 0 aliphatic carbocycles. The second kappa shape index (κ2) is 8.22. The van der Waals surface area contributed by atoms with Crippen molar-refractivity contribution in [1.29, 1.82) is 0 Å². The van der Waals surface area contributed by atoms with E-state index in [4.69, 9.17) is 4.98 Å². The molecule has 2 aliphatic heterocycles. The molecule has 0 radical (unpaired) electrons. The first-order valence-electron chi connectivity index (χ1n) is 11.4. The van der Waals surface area contributed by atoms with Gasteiger partial charge in [0, 0.05) is 25.8 Å². The van der Waals surface area contributed by atoms with Gasteiger partial charge in [-0.2, -0.15) is 4.98 Å². The standard InChI is InChI=1S/C23H30N6O3/c1-16-7-6-8-17(13-16)28-14-18(30)15-29-19-20(24-22(28)29)25(2)23(32)27(21(19)31)12-11-26-9-4-3-5-10-26/h6-8,13,18,30H,3-5,9-12,14-15H2,1-2H3/t18-/m1/s1. The van der Waals surface area contributed by atoms with Crippen molar-refractivity contribution >= 4 is 22.8 Å². The van der Waals surface area contributed by atoms with Gasteiger partial charge in [-0.3, -0.25) is 13.9 Å². The van der Waals surface area contributed by atoms with Crippen LogP contribution in [0.3, 0.4) is 0 Å². The third-order valence-electron chi connectivity index (χ3n) is 6.64. The predicted molar refractivity (Wildman–Crippen MR) is 124 cm³/mol. The van der Waals surface area contributed by atoms with Gasteiger partial charge < -0.3 is 19.5 Å². The van der Waals surface area contributed by atoms with Crippen molar-refractivity contribution in [3.63, 3.8) is 0 Å². The number of aryl methyl sites for hydroxylation is 2. The second-order valence-electron chi connectivity index (χ2n) is 9.00. The number of aromatic nitrogens is 4. The Kier molecular flexibility index (Phi) is 5.38. The van der Waals surface area contributed by atoms with Gasteiger partial charge in [-0.15, -0.1) is 0 Å². The summed E-state index contributed by atoms with van der Waals surface area (Å²) < 4.78 is 4.55. The lowest BCUT2D eigenvalue weighted by atomic mass is 10.1. The molecule has 1 atom stereocenters. The summed E-state index contributed by atoms with van der Waals surface area (Å²) >= 11 is 0. The number of aliphatic hydroxyl groups excluding tert-OH is 1. The van der Waals surface area contributed by atoms with Gasteiger partial charge in [-0.25, -0.2) is 4.79 Å². The summed E-state index contributed by atoms with van der Waals surface area (Å²) in [6.45, 7) is 5.72. The number of anilines is 2. The average Bonchev–Trinajstić information content (AvgIpc) is 3.17. The maximum absolute atomic E-state index is 13.5. The molecule has 1 fully saturated rings. The van der Waals surface area contributed by atoms with Gasteiger partial charge in [0.15, 0.2) is 11.2 Å². The Morgan fingerprint density at radius 2 is 1.88 bits per heavy atom. The largest absolute Gasteiger partial charge is 0.389 e. The van der Waals surface area contributed by atoms with E-state index in [1.54, 1.807) is 11.6 Å². The zero-order chi connectivity index (χ0) is 22.4. The molecule has 2 aliphatic rings. The molecule has 9 nitrogen and oxygen atoms in total. The van der Waals surface area contributed by atoms with Crippen molar-refractivity contribution in [2.24, 2.45) is 7.05 Å². The van der Waals surface area contributed by atoms with Crippen LogP contribution >= 0.6 is 0 Å². The molecule has 9 heteroatoms. The van der Waals surface area contributed by atoms with E-state index in [2.05, 4.69) is 4.90 Å². The molecule has 0 saturated carbocycles. The van der Waals surface area contributed by atoms with Gasteiger partial charge in [-0.1, -0.05) is 18.6 Å². The Morgan fingerprint density at radius 1 is 1.09 bits per heavy atom. The fourth-order valence-electron chi connectivity index (χ4n) is 4.94. The number of piperidine rings is 1. The molecule has 170 valence electrons. The molecule has 0 bridgehead atoms. The minimum absolute atomic E-state index is 0.272. The van der Waals surface area contributed by atoms with Crippen LogP contribution in [0.2, 0.25) is 0 Å². The first-order chi connectivity index (χ1) is 15.4. The normalized spacial score (nSPS) is 19.5. The summed E-state index contributed by atoms with van der Waals surface area (Å²) in [5.41, 5.74) is 2.04. The van der Waals surface area contributed by atoms with E-state index in [9.17, 15) is 14.7 Å². The van der Waals surface area contributed by atoms with Crippen molar-refractivity contribution < 1.29 is 5.11 Å². The summed E-state index contributed by atoms with van der Waals surface area (Å²) in [5, 5.41) is 10.6. The molecule has 1 saturated heterocycles. The number of benzene rings is 1. The van der Waals surface area contributed by atoms with E-state index in [0.29, 0.717) is 36.7 Å². The maximum atomic E-state index is 13.5. The summed E-state index contributed by atoms with van der Waals surface area (Å²) in [6, 6.07) is 7.96. The Balaban J connectivity index is 1.61. The smallest absolute Gasteiger partial charge is 0.332 e. The minimum Gasteiger partial charge on any atom is -0.389 e. The monoisotopic (exact) mass is 438 g/mol. The fourth-order valence-corrected chi connectivity index (χ4v) is 4.94. The highest BCUT2D eigenvalue weighted by Crippen LogP contribution is 2.31. The molecule has 32 heavy (non-hydrogen) atoms. The SMILES string of the molecule is Cc1cccc(N2C[C@@H](O)Cn3c2nc2c3c(=O)n(CCN3CCCCC3)c(=O)n2C)c1. The highest BCUT2D eigenvalue weighted by molar-refractivity contribution is 5.77. The number of hydrogen-bond acceptors (Lipinski definition) is 6. The number of rotatable bonds is 4. The van der Waals surface area contributed by atoms with Crippen molar-refractivity contribution in [1.82, 2.24) is 23.6 Å². The average molecular weight is 439 g/mol. The van der Waals surface area contributed by atoms with Gasteiger partial charge in [0.25, 0.3) is 5.56 Å². The van der Waals surface area contributed by atoms with Gasteiger partial charge in [0.05, 0.1) is 19.2 Å². The quantitative estimate of drug-likeness (QED) is 0.659. The Hall–Kier alpha value is -2.91. The lowest BCUT2D eigenvalue weighted by molar-refractivity contribution is 0.154. The van der Waals surface area contributed by atoms with E-state index in [1.807, 2.05) is 36.1 Å². The van der Waals surface area contributed by atoms with Crippen LogP contribution in [0.25, 0.3) is 11.2 Å². The molecule has 2 aromatic heterocycles. The third-order valence-corrected chi connectivity index (χ3v) is 6.64. The molecule has 0 unspecified atom stereocenters. The van der Waals surface area contributed by atoms with E-state index >= 15 is 0 Å². The van der Waals surface area contributed by atoms with Crippen molar-refractivity contribution in [2.45, 2.75) is 45.4 Å². The second-order valence-corrected chi connectivity index (χ2v) is 9.00. The predicted octanol–water partition coefficient (Wildman–Crippen LogP) is 1.20. The van der Waals surface area contributed by atoms with E-state index in [-0.39, 0.29) is 17.8 Å². The summed E-state index contributed by atoms with van der Waals surface area (Å²) in [4.78, 5) is 35.5. The van der Waals surface area contributed by atoms with E-state index < -0.39 is 6.10 Å². The molecule has 5 rings (SSSR count). The highest BCUT2D eigenvalue weighted by atomic mass is 16.3. The Labute approximate surface area is 186 Å². The molecular formula is C23H30N6O3. The van der Waals surface area contributed by atoms with Crippen LogP contribution in [0.15, 0.2) is 33.9 Å². The van der Waals surface area contributed by atoms with Crippen LogP contribution in [0, 0.1) is 6.92 Å². The van der Waals surface area contributed by atoms with Crippen LogP contribution in [-0.4, -0.2) is 61.0 Å². The fraction of sp³-hybridized carbons (Fsp3) is 0.522. The molecule has 0 amide bonds. The number of imidazole rings is 1. The van der Waals surface area contributed by atoms with Gasteiger partial charge in [-0.05, 0) is 50.6 Å². The lowest BCUT2D eigenvalue weighted by Gasteiger charge is -2.32. The van der Waals surface area contributed by atoms with Crippen LogP contribution in [-0.2, 0) is 20.1 Å². The summed E-state index contributed by atoms with van der Waals surface area (Å²) in [5.74, 6) is 0.580. The minimum atomic E-state index is -0.654. The number of β-amino-alcohol motifs (C(OH)–C–C–N with tert-alkyl or cyclic N) is 1. The third kappa shape index (κ3) is 3.55. The topological polar surface area (TPSA) is 88.5 Å². The first-order valence-corrected chi connectivity index (χ1v) is 11.4. The molecule has 4 heterocycles. The number of nitrogens with zero attached hydrogens (tertiary/aromatic N) is 6. The molecular weight excluding hydrogens is 408 g/mol. The van der Waals surface area contributed by atoms with Gasteiger partial charge in [0.1, 0.15) is 0 Å². The molecule has 3 aromatic rings. The Bertz CT molecular complexity index is 1270. The lowest BCUT2D eigenvalue weighted by Crippen LogP contribution is -2.44. The summed E-state index contributed by atoms with van der Waals surface area (Å²) in [6.07, 6.45) is 2.91. The number of fused-ring (bicyclic) bond motifs is 3. The highest BCUT2D eigenvalue weighted by Gasteiger charge is 2.30. The zero-order valence-electron chi connectivity index (χ0n) is 18.7. The number of hydrogen-bond donors (Lipinski definition) is 1. The van der Waals surface area contributed by atoms with E-state index in [1.165, 1.54) is 15.6 Å². The van der Waals surface area contributed by atoms with E-state index in [0.717, 1.165) is 37.2 Å².